The Bertz CT molecular complexity index is 370. The molecule has 1 heterocycles. The molecule has 0 unspecified atom stereocenters. The van der Waals surface area contributed by atoms with Gasteiger partial charge in [0.1, 0.15) is 0 Å². The Kier molecular flexibility index (Phi) is 4.69. The Morgan fingerprint density at radius 2 is 1.78 bits per heavy atom. The van der Waals surface area contributed by atoms with E-state index in [4.69, 9.17) is 4.74 Å². The highest BCUT2D eigenvalue weighted by Crippen LogP contribution is 2.26. The Balaban J connectivity index is 2.78. The van der Waals surface area contributed by atoms with Gasteiger partial charge in [-0.2, -0.15) is 15.0 Å². The van der Waals surface area contributed by atoms with Crippen LogP contribution in [0.5, 0.6) is 6.01 Å². The van der Waals surface area contributed by atoms with Gasteiger partial charge in [-0.25, -0.2) is 0 Å². The number of anilines is 2. The molecule has 0 aliphatic rings. The van der Waals surface area contributed by atoms with E-state index in [1.807, 2.05) is 0 Å². The lowest BCUT2D eigenvalue weighted by atomic mass is 9.81. The van der Waals surface area contributed by atoms with Gasteiger partial charge < -0.3 is 15.4 Å². The third kappa shape index (κ3) is 3.72. The summed E-state index contributed by atoms with van der Waals surface area (Å²) >= 11 is 0. The second kappa shape index (κ2) is 5.84. The maximum atomic E-state index is 5.03. The van der Waals surface area contributed by atoms with Crippen molar-refractivity contribution in [3.63, 3.8) is 0 Å². The van der Waals surface area contributed by atoms with E-state index in [0.29, 0.717) is 23.8 Å². The first-order chi connectivity index (χ1) is 8.39. The first kappa shape index (κ1) is 14.5. The van der Waals surface area contributed by atoms with E-state index in [0.717, 1.165) is 6.54 Å². The Hall–Kier alpha value is -1.59. The summed E-state index contributed by atoms with van der Waals surface area (Å²) in [4.78, 5) is 12.5. The van der Waals surface area contributed by atoms with Crippen molar-refractivity contribution in [3.05, 3.63) is 0 Å². The normalized spacial score (nSPS) is 11.5. The van der Waals surface area contributed by atoms with Gasteiger partial charge in [-0.15, -0.1) is 0 Å². The van der Waals surface area contributed by atoms with Crippen molar-refractivity contribution in [1.29, 1.82) is 0 Å². The van der Waals surface area contributed by atoms with Gasteiger partial charge >= 0.3 is 6.01 Å². The SMILES string of the molecule is CNc1nc(NCC(C)(C)C(C)C)nc(OC)n1. The smallest absolute Gasteiger partial charge is 0.322 e. The van der Waals surface area contributed by atoms with Crippen molar-refractivity contribution in [3.8, 4) is 6.01 Å². The van der Waals surface area contributed by atoms with Crippen LogP contribution in [-0.2, 0) is 0 Å². The van der Waals surface area contributed by atoms with Crippen LogP contribution >= 0.6 is 0 Å². The van der Waals surface area contributed by atoms with Crippen molar-refractivity contribution < 1.29 is 4.74 Å². The average molecular weight is 253 g/mol. The number of hydrogen-bond donors (Lipinski definition) is 2. The molecule has 0 saturated heterocycles. The molecule has 0 amide bonds. The predicted octanol–water partition coefficient (Wildman–Crippen LogP) is 2.02. The van der Waals surface area contributed by atoms with Crippen LogP contribution < -0.4 is 15.4 Å². The van der Waals surface area contributed by atoms with E-state index in [-0.39, 0.29) is 5.41 Å². The number of hydrogen-bond acceptors (Lipinski definition) is 6. The molecule has 0 fully saturated rings. The molecule has 1 rings (SSSR count). The van der Waals surface area contributed by atoms with E-state index in [9.17, 15) is 0 Å². The van der Waals surface area contributed by atoms with Crippen LogP contribution in [0, 0.1) is 11.3 Å². The first-order valence-corrected chi connectivity index (χ1v) is 6.10. The van der Waals surface area contributed by atoms with Gasteiger partial charge in [0.15, 0.2) is 0 Å². The highest BCUT2D eigenvalue weighted by Gasteiger charge is 2.22. The molecule has 0 aromatic carbocycles. The van der Waals surface area contributed by atoms with E-state index in [1.165, 1.54) is 7.11 Å². The minimum absolute atomic E-state index is 0.166. The van der Waals surface area contributed by atoms with E-state index in [2.05, 4.69) is 53.3 Å². The molecule has 0 radical (unpaired) electrons. The third-order valence-corrected chi connectivity index (χ3v) is 3.29. The van der Waals surface area contributed by atoms with E-state index >= 15 is 0 Å². The Morgan fingerprint density at radius 1 is 1.17 bits per heavy atom. The maximum absolute atomic E-state index is 5.03. The van der Waals surface area contributed by atoms with Gasteiger partial charge in [-0.3, -0.25) is 0 Å². The monoisotopic (exact) mass is 253 g/mol. The molecular formula is C12H23N5O. The summed E-state index contributed by atoms with van der Waals surface area (Å²) in [5.74, 6) is 1.59. The highest BCUT2D eigenvalue weighted by atomic mass is 16.5. The van der Waals surface area contributed by atoms with E-state index < -0.39 is 0 Å². The van der Waals surface area contributed by atoms with Crippen LogP contribution in [0.25, 0.3) is 0 Å². The van der Waals surface area contributed by atoms with Crippen LogP contribution in [0.3, 0.4) is 0 Å². The molecule has 0 atom stereocenters. The summed E-state index contributed by atoms with van der Waals surface area (Å²) < 4.78 is 5.03. The number of methoxy groups -OCH3 is 1. The lowest BCUT2D eigenvalue weighted by Crippen LogP contribution is -2.29. The molecule has 1 aromatic heterocycles. The standard InChI is InChI=1S/C12H23N5O/c1-8(2)12(3,4)7-14-10-15-9(13-5)16-11(17-10)18-6/h8H,7H2,1-6H3,(H2,13,14,15,16,17). The van der Waals surface area contributed by atoms with E-state index in [1.54, 1.807) is 7.05 Å². The molecule has 0 saturated carbocycles. The van der Waals surface area contributed by atoms with Crippen molar-refractivity contribution in [2.24, 2.45) is 11.3 Å². The third-order valence-electron chi connectivity index (χ3n) is 3.29. The van der Waals surface area contributed by atoms with Crippen LogP contribution in [0.4, 0.5) is 11.9 Å². The molecular weight excluding hydrogens is 230 g/mol. The number of ether oxygens (including phenoxy) is 1. The zero-order chi connectivity index (χ0) is 13.8. The molecule has 6 nitrogen and oxygen atoms in total. The molecule has 1 aromatic rings. The minimum atomic E-state index is 0.166. The second-order valence-electron chi connectivity index (χ2n) is 5.22. The summed E-state index contributed by atoms with van der Waals surface area (Å²) in [6.07, 6.45) is 0. The number of rotatable bonds is 6. The van der Waals surface area contributed by atoms with Gasteiger partial charge in [0.25, 0.3) is 0 Å². The summed E-state index contributed by atoms with van der Waals surface area (Å²) in [5.41, 5.74) is 0.166. The molecule has 0 aliphatic carbocycles. The zero-order valence-electron chi connectivity index (χ0n) is 12.0. The zero-order valence-corrected chi connectivity index (χ0v) is 12.0. The molecule has 2 N–H and O–H groups in total. The van der Waals surface area contributed by atoms with Crippen molar-refractivity contribution >= 4 is 11.9 Å². The molecule has 0 aliphatic heterocycles. The van der Waals surface area contributed by atoms with Crippen LogP contribution in [0.15, 0.2) is 0 Å². The number of nitrogens with one attached hydrogen (secondary N) is 2. The Morgan fingerprint density at radius 3 is 2.28 bits per heavy atom. The van der Waals surface area contributed by atoms with Gasteiger partial charge in [0, 0.05) is 13.6 Å². The molecule has 0 bridgehead atoms. The lowest BCUT2D eigenvalue weighted by Gasteiger charge is -2.29. The summed E-state index contributed by atoms with van der Waals surface area (Å²) in [5, 5.41) is 6.11. The fraction of sp³-hybridized carbons (Fsp3) is 0.750. The average Bonchev–Trinajstić information content (AvgIpc) is 2.35. The topological polar surface area (TPSA) is 72.0 Å². The van der Waals surface area contributed by atoms with Crippen LogP contribution in [-0.4, -0.2) is 35.7 Å². The van der Waals surface area contributed by atoms with Gasteiger partial charge in [0.2, 0.25) is 11.9 Å². The van der Waals surface area contributed by atoms with Crippen LogP contribution in [0.1, 0.15) is 27.7 Å². The predicted molar refractivity (Wildman–Crippen MR) is 73.0 cm³/mol. The van der Waals surface area contributed by atoms with Gasteiger partial charge in [0.05, 0.1) is 7.11 Å². The second-order valence-corrected chi connectivity index (χ2v) is 5.22. The quantitative estimate of drug-likeness (QED) is 0.808. The summed E-state index contributed by atoms with van der Waals surface area (Å²) in [6.45, 7) is 9.62. The van der Waals surface area contributed by atoms with Crippen molar-refractivity contribution in [2.75, 3.05) is 31.3 Å². The molecule has 18 heavy (non-hydrogen) atoms. The van der Waals surface area contributed by atoms with Gasteiger partial charge in [-0.05, 0) is 11.3 Å². The lowest BCUT2D eigenvalue weighted by molar-refractivity contribution is 0.269. The summed E-state index contributed by atoms with van der Waals surface area (Å²) in [7, 11) is 3.30. The summed E-state index contributed by atoms with van der Waals surface area (Å²) in [6, 6.07) is 0.305. The largest absolute Gasteiger partial charge is 0.467 e. The molecule has 6 heteroatoms. The first-order valence-electron chi connectivity index (χ1n) is 6.10. The minimum Gasteiger partial charge on any atom is -0.467 e. The molecule has 0 spiro atoms. The van der Waals surface area contributed by atoms with Crippen molar-refractivity contribution in [2.45, 2.75) is 27.7 Å². The fourth-order valence-corrected chi connectivity index (χ4v) is 1.15. The van der Waals surface area contributed by atoms with Crippen LogP contribution in [0.2, 0.25) is 0 Å². The number of nitrogens with zero attached hydrogens (tertiary/aromatic N) is 3. The fourth-order valence-electron chi connectivity index (χ4n) is 1.15. The van der Waals surface area contributed by atoms with Gasteiger partial charge in [-0.1, -0.05) is 27.7 Å². The maximum Gasteiger partial charge on any atom is 0.322 e. The Labute approximate surface area is 109 Å². The van der Waals surface area contributed by atoms with Crippen molar-refractivity contribution in [1.82, 2.24) is 15.0 Å². The number of aromatic nitrogens is 3. The highest BCUT2D eigenvalue weighted by molar-refractivity contribution is 5.35. The molecule has 102 valence electrons.